The number of anilines is 1. The number of carbonyl (C=O) groups excluding carboxylic acids is 4. The lowest BCUT2D eigenvalue weighted by Gasteiger charge is -2.16. The Morgan fingerprint density at radius 3 is 2.00 bits per heavy atom. The molecule has 2 aliphatic rings. The number of hydrogen-bond acceptors (Lipinski definition) is 4. The van der Waals surface area contributed by atoms with Gasteiger partial charge in [0.15, 0.2) is 5.78 Å². The molecule has 6 heteroatoms. The Morgan fingerprint density at radius 1 is 0.676 bits per heavy atom. The van der Waals surface area contributed by atoms with Gasteiger partial charge in [0.05, 0.1) is 22.9 Å². The maximum atomic E-state index is 13.7. The minimum absolute atomic E-state index is 0.138. The number of imide groups is 1. The maximum absolute atomic E-state index is 13.7. The van der Waals surface area contributed by atoms with Crippen LogP contribution in [-0.4, -0.2) is 34.4 Å². The van der Waals surface area contributed by atoms with Gasteiger partial charge < -0.3 is 4.90 Å². The highest BCUT2D eigenvalue weighted by Gasteiger charge is 2.56. The second-order valence-corrected chi connectivity index (χ2v) is 9.24. The monoisotopic (exact) mass is 486 g/mol. The van der Waals surface area contributed by atoms with Crippen molar-refractivity contribution < 1.29 is 19.2 Å². The number of amides is 3. The van der Waals surface area contributed by atoms with Crippen molar-refractivity contribution in [2.45, 2.75) is 19.0 Å². The number of nitrogens with zero attached hydrogens (tertiary/aromatic N) is 2. The topological polar surface area (TPSA) is 74.5 Å². The van der Waals surface area contributed by atoms with E-state index < -0.39 is 23.9 Å². The molecule has 0 saturated carbocycles. The lowest BCUT2D eigenvalue weighted by atomic mass is 10.0. The maximum Gasteiger partial charge on any atom is 0.266 e. The van der Waals surface area contributed by atoms with Gasteiger partial charge in [0.2, 0.25) is 0 Å². The molecule has 0 aromatic heterocycles. The molecular weight excluding hydrogens is 464 g/mol. The van der Waals surface area contributed by atoms with Gasteiger partial charge in [0, 0.05) is 11.1 Å². The average Bonchev–Trinajstić information content (AvgIpc) is 3.64. The van der Waals surface area contributed by atoms with Crippen LogP contribution in [0, 0.1) is 6.92 Å². The number of fused-ring (bicyclic) bond motifs is 1. The zero-order chi connectivity index (χ0) is 25.7. The van der Waals surface area contributed by atoms with Gasteiger partial charge in [0.25, 0.3) is 17.7 Å². The lowest BCUT2D eigenvalue weighted by Crippen LogP contribution is -2.29. The molecule has 4 aromatic rings. The van der Waals surface area contributed by atoms with Crippen LogP contribution in [0.25, 0.3) is 0 Å². The molecule has 1 saturated heterocycles. The summed E-state index contributed by atoms with van der Waals surface area (Å²) in [7, 11) is 0. The molecule has 0 bridgehead atoms. The molecule has 180 valence electrons. The third-order valence-electron chi connectivity index (χ3n) is 7.00. The van der Waals surface area contributed by atoms with Crippen LogP contribution in [0.15, 0.2) is 103 Å². The van der Waals surface area contributed by atoms with Crippen molar-refractivity contribution in [2.24, 2.45) is 0 Å². The normalized spacial score (nSPS) is 18.1. The van der Waals surface area contributed by atoms with E-state index in [2.05, 4.69) is 0 Å². The summed E-state index contributed by atoms with van der Waals surface area (Å²) in [5.41, 5.74) is 3.41. The van der Waals surface area contributed by atoms with E-state index in [0.29, 0.717) is 11.3 Å². The SMILES string of the molecule is Cc1ccccc1N1C(=O)c2ccc(C(=O)N3[C@H](c4ccccc4)[C@@H]3C(=O)c3ccccc3)cc2C1=O. The molecule has 2 aliphatic heterocycles. The zero-order valence-corrected chi connectivity index (χ0v) is 20.0. The summed E-state index contributed by atoms with van der Waals surface area (Å²) in [4.78, 5) is 56.1. The molecule has 6 nitrogen and oxygen atoms in total. The average molecular weight is 487 g/mol. The second kappa shape index (κ2) is 8.68. The molecule has 6 rings (SSSR count). The minimum Gasteiger partial charge on any atom is -0.316 e. The number of benzene rings is 4. The molecule has 0 unspecified atom stereocenters. The van der Waals surface area contributed by atoms with Crippen molar-refractivity contribution in [1.82, 2.24) is 4.90 Å². The van der Waals surface area contributed by atoms with Crippen molar-refractivity contribution in [1.29, 1.82) is 0 Å². The Kier molecular flexibility index (Phi) is 5.30. The van der Waals surface area contributed by atoms with Crippen molar-refractivity contribution in [3.8, 4) is 0 Å². The van der Waals surface area contributed by atoms with E-state index in [4.69, 9.17) is 0 Å². The van der Waals surface area contributed by atoms with E-state index in [1.165, 1.54) is 12.1 Å². The predicted octanol–water partition coefficient (Wildman–Crippen LogP) is 5.24. The summed E-state index contributed by atoms with van der Waals surface area (Å²) in [6.45, 7) is 1.84. The number of aryl methyl sites for hydroxylation is 1. The van der Waals surface area contributed by atoms with Crippen LogP contribution in [-0.2, 0) is 0 Å². The van der Waals surface area contributed by atoms with Gasteiger partial charge >= 0.3 is 0 Å². The molecule has 37 heavy (non-hydrogen) atoms. The smallest absolute Gasteiger partial charge is 0.266 e. The third-order valence-corrected chi connectivity index (χ3v) is 7.00. The summed E-state index contributed by atoms with van der Waals surface area (Å²) < 4.78 is 0. The second-order valence-electron chi connectivity index (χ2n) is 9.24. The van der Waals surface area contributed by atoms with E-state index in [0.717, 1.165) is 16.0 Å². The van der Waals surface area contributed by atoms with Gasteiger partial charge in [0.1, 0.15) is 6.04 Å². The van der Waals surface area contributed by atoms with E-state index in [-0.39, 0.29) is 28.4 Å². The molecular formula is C31H22N2O4. The summed E-state index contributed by atoms with van der Waals surface area (Å²) in [5.74, 6) is -1.38. The van der Waals surface area contributed by atoms with Gasteiger partial charge in [-0.2, -0.15) is 0 Å². The van der Waals surface area contributed by atoms with Gasteiger partial charge in [-0.1, -0.05) is 78.9 Å². The Hall–Kier alpha value is -4.84. The number of ketones is 1. The van der Waals surface area contributed by atoms with Gasteiger partial charge in [-0.15, -0.1) is 0 Å². The van der Waals surface area contributed by atoms with Crippen LogP contribution in [0.1, 0.15) is 58.6 Å². The minimum atomic E-state index is -0.647. The Bertz CT molecular complexity index is 1580. The van der Waals surface area contributed by atoms with E-state index >= 15 is 0 Å². The molecule has 0 spiro atoms. The van der Waals surface area contributed by atoms with Crippen LogP contribution in [0.5, 0.6) is 0 Å². The highest BCUT2D eigenvalue weighted by Crippen LogP contribution is 2.46. The molecule has 2 atom stereocenters. The molecule has 2 heterocycles. The van der Waals surface area contributed by atoms with Crippen molar-refractivity contribution in [3.63, 3.8) is 0 Å². The molecule has 1 fully saturated rings. The standard InChI is InChI=1S/C31H22N2O4/c1-19-10-8-9-15-25(19)32-30(36)23-17-16-22(18-24(23)31(32)37)29(35)33-26(20-11-4-2-5-12-20)27(33)28(34)21-13-6-3-7-14-21/h2-18,26-27H,1H3/t26-,27-,33?/m1/s1. The summed E-state index contributed by atoms with van der Waals surface area (Å²) >= 11 is 0. The first-order valence-electron chi connectivity index (χ1n) is 12.0. The van der Waals surface area contributed by atoms with Crippen LogP contribution in [0.3, 0.4) is 0 Å². The van der Waals surface area contributed by atoms with E-state index in [1.54, 1.807) is 47.4 Å². The Morgan fingerprint density at radius 2 is 1.30 bits per heavy atom. The van der Waals surface area contributed by atoms with Crippen molar-refractivity contribution in [3.05, 3.63) is 137 Å². The highest BCUT2D eigenvalue weighted by molar-refractivity contribution is 6.35. The molecule has 0 aliphatic carbocycles. The van der Waals surface area contributed by atoms with Crippen LogP contribution in [0.4, 0.5) is 5.69 Å². The highest BCUT2D eigenvalue weighted by atomic mass is 16.2. The number of hydrogen-bond donors (Lipinski definition) is 0. The Labute approximate surface area is 213 Å². The van der Waals surface area contributed by atoms with E-state index in [1.807, 2.05) is 55.5 Å². The predicted molar refractivity (Wildman–Crippen MR) is 139 cm³/mol. The van der Waals surface area contributed by atoms with Crippen molar-refractivity contribution >= 4 is 29.2 Å². The Balaban J connectivity index is 1.34. The fraction of sp³-hybridized carbons (Fsp3) is 0.0968. The largest absolute Gasteiger partial charge is 0.316 e. The van der Waals surface area contributed by atoms with E-state index in [9.17, 15) is 19.2 Å². The van der Waals surface area contributed by atoms with Gasteiger partial charge in [-0.3, -0.25) is 19.2 Å². The summed E-state index contributed by atoms with van der Waals surface area (Å²) in [5, 5.41) is 0. The molecule has 3 amide bonds. The third kappa shape index (κ3) is 3.65. The first-order chi connectivity index (χ1) is 18.0. The van der Waals surface area contributed by atoms with Gasteiger partial charge in [-0.05, 0) is 42.3 Å². The van der Waals surface area contributed by atoms with Crippen LogP contribution < -0.4 is 4.90 Å². The number of carbonyl (C=O) groups is 4. The summed E-state index contributed by atoms with van der Waals surface area (Å²) in [6.07, 6.45) is 0. The zero-order valence-electron chi connectivity index (χ0n) is 20.0. The fourth-order valence-corrected chi connectivity index (χ4v) is 5.08. The fourth-order valence-electron chi connectivity index (χ4n) is 5.08. The van der Waals surface area contributed by atoms with Crippen LogP contribution in [0.2, 0.25) is 0 Å². The van der Waals surface area contributed by atoms with Crippen molar-refractivity contribution in [2.75, 3.05) is 4.90 Å². The first kappa shape index (κ1) is 22.6. The van der Waals surface area contributed by atoms with Gasteiger partial charge in [-0.25, -0.2) is 4.90 Å². The molecule has 0 N–H and O–H groups in total. The number of Topliss-reactive ketones (excluding diaryl/α,β-unsaturated/α-hetero) is 1. The summed E-state index contributed by atoms with van der Waals surface area (Å²) in [6, 6.07) is 29.0. The molecule has 4 aromatic carbocycles. The van der Waals surface area contributed by atoms with Crippen LogP contribution >= 0.6 is 0 Å². The molecule has 0 radical (unpaired) electrons. The lowest BCUT2D eigenvalue weighted by molar-refractivity contribution is 0.0833. The number of para-hydroxylation sites is 1. The number of rotatable bonds is 5. The first-order valence-corrected chi connectivity index (χ1v) is 12.0. The quantitative estimate of drug-likeness (QED) is 0.220.